The van der Waals surface area contributed by atoms with Crippen molar-refractivity contribution in [1.82, 2.24) is 14.0 Å². The molecule has 0 bridgehead atoms. The number of aromatic nitrogens is 2. The molecule has 1 saturated heterocycles. The van der Waals surface area contributed by atoms with Crippen LogP contribution in [0, 0.1) is 11.8 Å². The maximum Gasteiger partial charge on any atom is 0.394 e. The molecule has 2 atom stereocenters. The number of rotatable bonds is 3. The van der Waals surface area contributed by atoms with Gasteiger partial charge in [-0.05, 0) is 0 Å². The topological polar surface area (TPSA) is 102 Å². The van der Waals surface area contributed by atoms with E-state index in [-0.39, 0.29) is 0 Å². The Labute approximate surface area is 132 Å². The first-order valence-corrected chi connectivity index (χ1v) is 6.86. The maximum atomic E-state index is 12.9. The molecule has 0 unspecified atom stereocenters. The summed E-state index contributed by atoms with van der Waals surface area (Å²) in [5.41, 5.74) is -1.38. The average Bonchev–Trinajstić information content (AvgIpc) is 2.93. The minimum absolute atomic E-state index is 0.579. The van der Waals surface area contributed by atoms with Crippen LogP contribution in [0.4, 0.5) is 13.2 Å². The summed E-state index contributed by atoms with van der Waals surface area (Å²) in [6.45, 7) is -1.94. The minimum Gasteiger partial charge on any atom is -0.481 e. The van der Waals surface area contributed by atoms with E-state index in [0.717, 1.165) is 26.3 Å². The largest absolute Gasteiger partial charge is 0.481 e. The highest BCUT2D eigenvalue weighted by atomic mass is 19.4. The molecule has 24 heavy (non-hydrogen) atoms. The van der Waals surface area contributed by atoms with Gasteiger partial charge >= 0.3 is 17.8 Å². The standard InChI is InChI=1S/C13H14F3N3O5/c1-17-9(20)2-3-18(12(17)24)6-10(21)19-4-7(11(22)23)8(5-19)13(14,15)16/h2-3,7-8H,4-6H2,1H3,(H,22,23)/t7-,8-/m1/s1. The quantitative estimate of drug-likeness (QED) is 0.775. The van der Waals surface area contributed by atoms with E-state index < -0.39 is 60.8 Å². The Morgan fingerprint density at radius 3 is 2.42 bits per heavy atom. The van der Waals surface area contributed by atoms with E-state index in [9.17, 15) is 32.3 Å². The predicted molar refractivity (Wildman–Crippen MR) is 73.2 cm³/mol. The van der Waals surface area contributed by atoms with E-state index >= 15 is 0 Å². The zero-order valence-corrected chi connectivity index (χ0v) is 12.5. The van der Waals surface area contributed by atoms with Crippen molar-refractivity contribution in [1.29, 1.82) is 0 Å². The van der Waals surface area contributed by atoms with Crippen molar-refractivity contribution >= 4 is 11.9 Å². The predicted octanol–water partition coefficient (Wildman–Crippen LogP) is -0.731. The number of hydrogen-bond acceptors (Lipinski definition) is 4. The number of nitrogens with zero attached hydrogens (tertiary/aromatic N) is 3. The third kappa shape index (κ3) is 3.34. The maximum absolute atomic E-state index is 12.9. The highest BCUT2D eigenvalue weighted by Crippen LogP contribution is 2.37. The van der Waals surface area contributed by atoms with E-state index in [1.165, 1.54) is 7.05 Å². The van der Waals surface area contributed by atoms with E-state index in [4.69, 9.17) is 5.11 Å². The SMILES string of the molecule is Cn1c(=O)ccn(CC(=O)N2C[C@@H](C(F)(F)F)[C@H](C(=O)O)C2)c1=O. The fourth-order valence-corrected chi connectivity index (χ4v) is 2.57. The summed E-state index contributed by atoms with van der Waals surface area (Å²) in [5.74, 6) is -6.36. The van der Waals surface area contributed by atoms with Crippen molar-refractivity contribution in [2.24, 2.45) is 18.9 Å². The number of halogens is 3. The van der Waals surface area contributed by atoms with Crippen LogP contribution in [0.1, 0.15) is 0 Å². The number of likely N-dealkylation sites (tertiary alicyclic amines) is 1. The molecule has 0 saturated carbocycles. The Morgan fingerprint density at radius 2 is 1.92 bits per heavy atom. The molecule has 1 aliphatic heterocycles. The summed E-state index contributed by atoms with van der Waals surface area (Å²) in [7, 11) is 1.20. The molecule has 1 aromatic heterocycles. The van der Waals surface area contributed by atoms with Gasteiger partial charge in [0.15, 0.2) is 0 Å². The van der Waals surface area contributed by atoms with Crippen molar-refractivity contribution in [3.8, 4) is 0 Å². The molecule has 0 spiro atoms. The lowest BCUT2D eigenvalue weighted by Gasteiger charge is -2.18. The second-order valence-electron chi connectivity index (χ2n) is 5.52. The van der Waals surface area contributed by atoms with Gasteiger partial charge in [0.2, 0.25) is 5.91 Å². The lowest BCUT2D eigenvalue weighted by atomic mass is 9.96. The molecule has 8 nitrogen and oxygen atoms in total. The number of carbonyl (C=O) groups is 2. The van der Waals surface area contributed by atoms with Crippen LogP contribution in [0.3, 0.4) is 0 Å². The fraction of sp³-hybridized carbons (Fsp3) is 0.538. The van der Waals surface area contributed by atoms with E-state index in [2.05, 4.69) is 0 Å². The number of carboxylic acid groups (broad SMARTS) is 1. The Kier molecular flexibility index (Phi) is 4.54. The first-order valence-electron chi connectivity index (χ1n) is 6.86. The van der Waals surface area contributed by atoms with Crippen molar-refractivity contribution < 1.29 is 27.9 Å². The molecule has 1 fully saturated rings. The number of carboxylic acids is 1. The van der Waals surface area contributed by atoms with Crippen molar-refractivity contribution in [3.63, 3.8) is 0 Å². The molecule has 1 aliphatic rings. The van der Waals surface area contributed by atoms with Crippen LogP contribution in [-0.4, -0.2) is 50.3 Å². The molecule has 1 aromatic rings. The van der Waals surface area contributed by atoms with Gasteiger partial charge in [-0.25, -0.2) is 4.79 Å². The zero-order valence-electron chi connectivity index (χ0n) is 12.5. The molecular formula is C13H14F3N3O5. The van der Waals surface area contributed by atoms with Gasteiger partial charge < -0.3 is 10.0 Å². The van der Waals surface area contributed by atoms with Gasteiger partial charge in [-0.2, -0.15) is 13.2 Å². The van der Waals surface area contributed by atoms with E-state index in [1.54, 1.807) is 0 Å². The van der Waals surface area contributed by atoms with Crippen LogP contribution in [-0.2, 0) is 23.2 Å². The number of aliphatic carboxylic acids is 1. The van der Waals surface area contributed by atoms with Gasteiger partial charge in [-0.3, -0.25) is 23.5 Å². The van der Waals surface area contributed by atoms with Crippen LogP contribution in [0.15, 0.2) is 21.9 Å². The summed E-state index contributed by atoms with van der Waals surface area (Å²) in [6, 6.07) is 1.04. The van der Waals surface area contributed by atoms with Crippen LogP contribution >= 0.6 is 0 Å². The third-order valence-electron chi connectivity index (χ3n) is 3.98. The monoisotopic (exact) mass is 349 g/mol. The number of hydrogen-bond donors (Lipinski definition) is 1. The van der Waals surface area contributed by atoms with Gasteiger partial charge in [0.1, 0.15) is 6.54 Å². The van der Waals surface area contributed by atoms with Crippen molar-refractivity contribution in [3.05, 3.63) is 33.1 Å². The van der Waals surface area contributed by atoms with Crippen LogP contribution in [0.5, 0.6) is 0 Å². The fourth-order valence-electron chi connectivity index (χ4n) is 2.57. The molecule has 2 rings (SSSR count). The highest BCUT2D eigenvalue weighted by molar-refractivity contribution is 5.79. The summed E-state index contributed by atoms with van der Waals surface area (Å²) >= 11 is 0. The summed E-state index contributed by atoms with van der Waals surface area (Å²) in [5, 5.41) is 8.92. The Hall–Kier alpha value is -2.59. The number of amides is 1. The summed E-state index contributed by atoms with van der Waals surface area (Å²) in [6.07, 6.45) is -3.68. The van der Waals surface area contributed by atoms with Gasteiger partial charge in [-0.15, -0.1) is 0 Å². The Morgan fingerprint density at radius 1 is 1.29 bits per heavy atom. The molecule has 2 heterocycles. The van der Waals surface area contributed by atoms with Crippen LogP contribution in [0.25, 0.3) is 0 Å². The van der Waals surface area contributed by atoms with Gasteiger partial charge in [0.05, 0.1) is 11.8 Å². The van der Waals surface area contributed by atoms with E-state index in [0.29, 0.717) is 0 Å². The molecule has 1 amide bonds. The van der Waals surface area contributed by atoms with Gasteiger partial charge in [0, 0.05) is 32.4 Å². The first kappa shape index (κ1) is 17.8. The molecule has 132 valence electrons. The van der Waals surface area contributed by atoms with Crippen molar-refractivity contribution in [2.75, 3.05) is 13.1 Å². The lowest BCUT2D eigenvalue weighted by Crippen LogP contribution is -2.41. The molecule has 11 heteroatoms. The summed E-state index contributed by atoms with van der Waals surface area (Å²) in [4.78, 5) is 47.0. The second kappa shape index (κ2) is 6.13. The molecular weight excluding hydrogens is 335 g/mol. The number of carbonyl (C=O) groups excluding carboxylic acids is 1. The molecule has 0 aromatic carbocycles. The van der Waals surface area contributed by atoms with Crippen LogP contribution in [0.2, 0.25) is 0 Å². The van der Waals surface area contributed by atoms with Gasteiger partial charge in [0.25, 0.3) is 5.56 Å². The highest BCUT2D eigenvalue weighted by Gasteiger charge is 2.53. The zero-order chi connectivity index (χ0) is 18.2. The second-order valence-corrected chi connectivity index (χ2v) is 5.52. The van der Waals surface area contributed by atoms with Gasteiger partial charge in [-0.1, -0.05) is 0 Å². The normalized spacial score (nSPS) is 21.1. The van der Waals surface area contributed by atoms with Crippen molar-refractivity contribution in [2.45, 2.75) is 12.7 Å². The summed E-state index contributed by atoms with van der Waals surface area (Å²) < 4.78 is 40.3. The molecule has 0 aliphatic carbocycles. The Bertz CT molecular complexity index is 782. The van der Waals surface area contributed by atoms with E-state index in [1.807, 2.05) is 0 Å². The lowest BCUT2D eigenvalue weighted by molar-refractivity contribution is -0.188. The smallest absolute Gasteiger partial charge is 0.394 e. The molecule has 0 radical (unpaired) electrons. The Balaban J connectivity index is 2.20. The average molecular weight is 349 g/mol. The van der Waals surface area contributed by atoms with Crippen LogP contribution < -0.4 is 11.2 Å². The minimum atomic E-state index is -4.74. The first-order chi connectivity index (χ1) is 11.0. The molecule has 1 N–H and O–H groups in total. The number of alkyl halides is 3. The third-order valence-corrected chi connectivity index (χ3v) is 3.98.